The van der Waals surface area contributed by atoms with E-state index < -0.39 is 0 Å². The van der Waals surface area contributed by atoms with Gasteiger partial charge < -0.3 is 5.32 Å². The number of hydrogen-bond donors (Lipinski definition) is 1. The van der Waals surface area contributed by atoms with Crippen LogP contribution in [0.1, 0.15) is 5.56 Å². The number of aromatic nitrogens is 2. The Balaban J connectivity index is 1.76. The zero-order chi connectivity index (χ0) is 14.8. The summed E-state index contributed by atoms with van der Waals surface area (Å²) in [6, 6.07) is 12.6. The minimum absolute atomic E-state index is 0.108. The molecule has 0 unspecified atom stereocenters. The first-order valence-corrected chi connectivity index (χ1v) is 6.52. The van der Waals surface area contributed by atoms with Gasteiger partial charge in [0.25, 0.3) is 5.69 Å². The lowest BCUT2D eigenvalue weighted by Crippen LogP contribution is -2.00. The minimum Gasteiger partial charge on any atom is -0.381 e. The fourth-order valence-corrected chi connectivity index (χ4v) is 2.26. The number of benzene rings is 2. The molecule has 0 aliphatic heterocycles. The van der Waals surface area contributed by atoms with Crippen LogP contribution >= 0.6 is 0 Å². The van der Waals surface area contributed by atoms with Crippen LogP contribution in [0.5, 0.6) is 0 Å². The van der Waals surface area contributed by atoms with Gasteiger partial charge in [-0.2, -0.15) is 5.10 Å². The van der Waals surface area contributed by atoms with Gasteiger partial charge in [0.15, 0.2) is 0 Å². The smallest absolute Gasteiger partial charge is 0.269 e. The molecule has 0 saturated carbocycles. The molecule has 6 nitrogen and oxygen atoms in total. The number of hydrogen-bond acceptors (Lipinski definition) is 4. The molecule has 0 saturated heterocycles. The van der Waals surface area contributed by atoms with Crippen molar-refractivity contribution in [3.63, 3.8) is 0 Å². The van der Waals surface area contributed by atoms with Crippen LogP contribution in [0, 0.1) is 10.1 Å². The van der Waals surface area contributed by atoms with Crippen LogP contribution < -0.4 is 5.32 Å². The van der Waals surface area contributed by atoms with E-state index in [1.54, 1.807) is 12.1 Å². The molecule has 0 amide bonds. The molecule has 0 spiro atoms. The van der Waals surface area contributed by atoms with E-state index in [-0.39, 0.29) is 10.6 Å². The van der Waals surface area contributed by atoms with Crippen LogP contribution in [0.25, 0.3) is 10.9 Å². The van der Waals surface area contributed by atoms with Crippen molar-refractivity contribution in [1.82, 2.24) is 9.78 Å². The normalized spacial score (nSPS) is 10.7. The summed E-state index contributed by atoms with van der Waals surface area (Å²) in [7, 11) is 1.90. The van der Waals surface area contributed by atoms with E-state index in [0.717, 1.165) is 22.2 Å². The third kappa shape index (κ3) is 2.69. The highest BCUT2D eigenvalue weighted by Gasteiger charge is 2.06. The lowest BCUT2D eigenvalue weighted by atomic mass is 10.2. The molecular formula is C15H14N4O2. The number of rotatable bonds is 4. The van der Waals surface area contributed by atoms with Crippen molar-refractivity contribution in [3.8, 4) is 0 Å². The number of nitrogens with zero attached hydrogens (tertiary/aromatic N) is 3. The largest absolute Gasteiger partial charge is 0.381 e. The quantitative estimate of drug-likeness (QED) is 0.589. The number of nitro groups is 1. The topological polar surface area (TPSA) is 73.0 Å². The maximum Gasteiger partial charge on any atom is 0.269 e. The van der Waals surface area contributed by atoms with Crippen molar-refractivity contribution < 1.29 is 4.92 Å². The molecular weight excluding hydrogens is 268 g/mol. The van der Waals surface area contributed by atoms with E-state index in [9.17, 15) is 10.1 Å². The average Bonchev–Trinajstić information content (AvgIpc) is 2.86. The van der Waals surface area contributed by atoms with Crippen LogP contribution in [0.3, 0.4) is 0 Å². The first kappa shape index (κ1) is 13.1. The molecule has 0 bridgehead atoms. The highest BCUT2D eigenvalue weighted by molar-refractivity contribution is 5.82. The van der Waals surface area contributed by atoms with Gasteiger partial charge in [0, 0.05) is 36.8 Å². The zero-order valence-corrected chi connectivity index (χ0v) is 11.5. The predicted octanol–water partition coefficient (Wildman–Crippen LogP) is 3.09. The van der Waals surface area contributed by atoms with Crippen molar-refractivity contribution >= 4 is 22.3 Å². The van der Waals surface area contributed by atoms with Crippen LogP contribution in [0.15, 0.2) is 48.7 Å². The summed E-state index contributed by atoms with van der Waals surface area (Å²) in [5.41, 5.74) is 3.01. The summed E-state index contributed by atoms with van der Waals surface area (Å²) in [6.07, 6.45) is 1.81. The second-order valence-corrected chi connectivity index (χ2v) is 4.82. The summed E-state index contributed by atoms with van der Waals surface area (Å²) in [4.78, 5) is 10.4. The zero-order valence-electron chi connectivity index (χ0n) is 11.5. The Morgan fingerprint density at radius 1 is 1.29 bits per heavy atom. The molecule has 0 atom stereocenters. The molecule has 3 aromatic rings. The molecule has 0 fully saturated rings. The Bertz CT molecular complexity index is 810. The predicted molar refractivity (Wildman–Crippen MR) is 81.1 cm³/mol. The lowest BCUT2D eigenvalue weighted by Gasteiger charge is -2.07. The van der Waals surface area contributed by atoms with E-state index >= 15 is 0 Å². The van der Waals surface area contributed by atoms with Crippen LogP contribution in [0.4, 0.5) is 11.4 Å². The van der Waals surface area contributed by atoms with Crippen LogP contribution in [-0.4, -0.2) is 14.7 Å². The van der Waals surface area contributed by atoms with Crippen molar-refractivity contribution in [1.29, 1.82) is 0 Å². The summed E-state index contributed by atoms with van der Waals surface area (Å²) >= 11 is 0. The molecule has 21 heavy (non-hydrogen) atoms. The van der Waals surface area contributed by atoms with Gasteiger partial charge in [0.2, 0.25) is 0 Å². The summed E-state index contributed by atoms with van der Waals surface area (Å²) in [5, 5.41) is 19.3. The lowest BCUT2D eigenvalue weighted by molar-refractivity contribution is -0.384. The van der Waals surface area contributed by atoms with Crippen molar-refractivity contribution in [3.05, 3.63) is 64.3 Å². The van der Waals surface area contributed by atoms with Crippen molar-refractivity contribution in [2.45, 2.75) is 6.54 Å². The van der Waals surface area contributed by atoms with E-state index in [0.29, 0.717) is 6.54 Å². The third-order valence-corrected chi connectivity index (χ3v) is 3.36. The number of non-ortho nitro benzene ring substituents is 1. The number of anilines is 1. The Kier molecular flexibility index (Phi) is 3.27. The number of aryl methyl sites for hydroxylation is 1. The maximum absolute atomic E-state index is 10.8. The fraction of sp³-hybridized carbons (Fsp3) is 0.133. The Morgan fingerprint density at radius 2 is 2.14 bits per heavy atom. The SMILES string of the molecule is Cn1ncc2cc(NCc3cccc([N+](=O)[O-])c3)ccc21. The van der Waals surface area contributed by atoms with Crippen molar-refractivity contribution in [2.75, 3.05) is 5.32 Å². The molecule has 0 aliphatic rings. The van der Waals surface area contributed by atoms with Gasteiger partial charge in [-0.15, -0.1) is 0 Å². The molecule has 3 rings (SSSR count). The molecule has 0 radical (unpaired) electrons. The number of nitrogens with one attached hydrogen (secondary N) is 1. The number of fused-ring (bicyclic) bond motifs is 1. The summed E-state index contributed by atoms with van der Waals surface area (Å²) in [5.74, 6) is 0. The molecule has 1 heterocycles. The monoisotopic (exact) mass is 282 g/mol. The standard InChI is InChI=1S/C15H14N4O2/c1-18-15-6-5-13(8-12(15)10-17-18)16-9-11-3-2-4-14(7-11)19(20)21/h2-8,10,16H,9H2,1H3. The highest BCUT2D eigenvalue weighted by atomic mass is 16.6. The Morgan fingerprint density at radius 3 is 2.95 bits per heavy atom. The van der Waals surface area contributed by atoms with Gasteiger partial charge in [-0.05, 0) is 23.8 Å². The van der Waals surface area contributed by atoms with Gasteiger partial charge >= 0.3 is 0 Å². The van der Waals surface area contributed by atoms with Gasteiger partial charge in [-0.1, -0.05) is 12.1 Å². The van der Waals surface area contributed by atoms with E-state index in [4.69, 9.17) is 0 Å². The highest BCUT2D eigenvalue weighted by Crippen LogP contribution is 2.19. The van der Waals surface area contributed by atoms with Gasteiger partial charge in [0.05, 0.1) is 16.6 Å². The van der Waals surface area contributed by atoms with E-state index in [2.05, 4.69) is 10.4 Å². The van der Waals surface area contributed by atoms with E-state index in [1.165, 1.54) is 6.07 Å². The Hall–Kier alpha value is -2.89. The maximum atomic E-state index is 10.8. The Labute approximate surface area is 121 Å². The fourth-order valence-electron chi connectivity index (χ4n) is 2.26. The molecule has 6 heteroatoms. The first-order valence-electron chi connectivity index (χ1n) is 6.52. The van der Waals surface area contributed by atoms with Gasteiger partial charge in [-0.25, -0.2) is 0 Å². The average molecular weight is 282 g/mol. The van der Waals surface area contributed by atoms with Gasteiger partial charge in [0.1, 0.15) is 0 Å². The first-order chi connectivity index (χ1) is 10.1. The number of nitro benzene ring substituents is 1. The molecule has 1 aromatic heterocycles. The second-order valence-electron chi connectivity index (χ2n) is 4.82. The minimum atomic E-state index is -0.384. The third-order valence-electron chi connectivity index (χ3n) is 3.36. The van der Waals surface area contributed by atoms with Crippen molar-refractivity contribution in [2.24, 2.45) is 7.05 Å². The summed E-state index contributed by atoms with van der Waals surface area (Å²) in [6.45, 7) is 0.535. The van der Waals surface area contributed by atoms with Crippen LogP contribution in [-0.2, 0) is 13.6 Å². The second kappa shape index (κ2) is 5.24. The molecule has 106 valence electrons. The molecule has 1 N–H and O–H groups in total. The molecule has 0 aliphatic carbocycles. The summed E-state index contributed by atoms with van der Waals surface area (Å²) < 4.78 is 1.82. The van der Waals surface area contributed by atoms with E-state index in [1.807, 2.05) is 42.2 Å². The van der Waals surface area contributed by atoms with Crippen LogP contribution in [0.2, 0.25) is 0 Å². The molecule has 2 aromatic carbocycles. The van der Waals surface area contributed by atoms with Gasteiger partial charge in [-0.3, -0.25) is 14.8 Å².